The molecule has 1 unspecified atom stereocenters. The molecule has 3 aromatic rings. The molecule has 0 aliphatic heterocycles. The van der Waals surface area contributed by atoms with Crippen molar-refractivity contribution in [2.24, 2.45) is 0 Å². The van der Waals surface area contributed by atoms with Crippen molar-refractivity contribution in [3.8, 4) is 16.9 Å². The summed E-state index contributed by atoms with van der Waals surface area (Å²) in [4.78, 5) is 24.1. The van der Waals surface area contributed by atoms with Crippen LogP contribution in [0.5, 0.6) is 5.75 Å². The Morgan fingerprint density at radius 3 is 2.03 bits per heavy atom. The van der Waals surface area contributed by atoms with Gasteiger partial charge in [-0.15, -0.1) is 0 Å². The van der Waals surface area contributed by atoms with E-state index in [0.717, 1.165) is 16.7 Å². The maximum Gasteiger partial charge on any atom is 0.261 e. The van der Waals surface area contributed by atoms with Gasteiger partial charge >= 0.3 is 0 Å². The number of hydrogen-bond acceptors (Lipinski definition) is 3. The van der Waals surface area contributed by atoms with Gasteiger partial charge < -0.3 is 15.4 Å². The molecule has 0 saturated heterocycles. The number of rotatable bonds is 8. The first kappa shape index (κ1) is 20.1. The zero-order valence-electron chi connectivity index (χ0n) is 16.3. The SMILES string of the molecule is CC(Oc1ccc(-c2ccccc2)cc1)C(=O)NCC(=O)NCc1ccccc1. The minimum atomic E-state index is -0.709. The zero-order chi connectivity index (χ0) is 20.5. The van der Waals surface area contributed by atoms with Gasteiger partial charge in [0.15, 0.2) is 6.10 Å². The molecule has 1 atom stereocenters. The lowest BCUT2D eigenvalue weighted by atomic mass is 10.1. The molecule has 5 heteroatoms. The van der Waals surface area contributed by atoms with E-state index in [1.807, 2.05) is 84.9 Å². The van der Waals surface area contributed by atoms with Gasteiger partial charge in [0.2, 0.25) is 5.91 Å². The number of nitrogens with one attached hydrogen (secondary N) is 2. The Balaban J connectivity index is 1.43. The highest BCUT2D eigenvalue weighted by Gasteiger charge is 2.15. The van der Waals surface area contributed by atoms with Gasteiger partial charge in [-0.3, -0.25) is 9.59 Å². The average Bonchev–Trinajstić information content (AvgIpc) is 2.77. The molecule has 0 heterocycles. The van der Waals surface area contributed by atoms with Gasteiger partial charge in [-0.2, -0.15) is 0 Å². The van der Waals surface area contributed by atoms with Crippen LogP contribution in [0.1, 0.15) is 12.5 Å². The number of amides is 2. The molecular formula is C24H24N2O3. The molecule has 0 fully saturated rings. The summed E-state index contributed by atoms with van der Waals surface area (Å²) < 4.78 is 5.68. The normalized spacial score (nSPS) is 11.3. The van der Waals surface area contributed by atoms with Gasteiger partial charge in [-0.1, -0.05) is 72.8 Å². The van der Waals surface area contributed by atoms with E-state index >= 15 is 0 Å². The third-order valence-electron chi connectivity index (χ3n) is 4.40. The van der Waals surface area contributed by atoms with E-state index in [0.29, 0.717) is 12.3 Å². The van der Waals surface area contributed by atoms with Gasteiger partial charge in [-0.25, -0.2) is 0 Å². The van der Waals surface area contributed by atoms with E-state index in [9.17, 15) is 9.59 Å². The number of carbonyl (C=O) groups excluding carboxylic acids is 2. The van der Waals surface area contributed by atoms with Crippen LogP contribution in [0.3, 0.4) is 0 Å². The predicted molar refractivity (Wildman–Crippen MR) is 113 cm³/mol. The van der Waals surface area contributed by atoms with Crippen molar-refractivity contribution in [3.63, 3.8) is 0 Å². The van der Waals surface area contributed by atoms with Crippen molar-refractivity contribution < 1.29 is 14.3 Å². The molecule has 0 radical (unpaired) electrons. The lowest BCUT2D eigenvalue weighted by Gasteiger charge is -2.15. The molecule has 0 saturated carbocycles. The predicted octanol–water partition coefficient (Wildman–Crippen LogP) is 3.55. The molecule has 0 spiro atoms. The van der Waals surface area contributed by atoms with Crippen LogP contribution < -0.4 is 15.4 Å². The number of carbonyl (C=O) groups is 2. The average molecular weight is 388 g/mol. The molecular weight excluding hydrogens is 364 g/mol. The van der Waals surface area contributed by atoms with Gasteiger partial charge in [0.25, 0.3) is 5.91 Å². The molecule has 148 valence electrons. The Bertz CT molecular complexity index is 925. The van der Waals surface area contributed by atoms with Crippen molar-refractivity contribution in [1.29, 1.82) is 0 Å². The first-order valence-corrected chi connectivity index (χ1v) is 9.52. The van der Waals surface area contributed by atoms with Crippen LogP contribution in [0.15, 0.2) is 84.9 Å². The second-order valence-corrected chi connectivity index (χ2v) is 6.63. The van der Waals surface area contributed by atoms with Crippen molar-refractivity contribution in [2.45, 2.75) is 19.6 Å². The van der Waals surface area contributed by atoms with Crippen LogP contribution in [-0.2, 0) is 16.1 Å². The van der Waals surface area contributed by atoms with E-state index in [-0.39, 0.29) is 18.4 Å². The summed E-state index contributed by atoms with van der Waals surface area (Å²) in [7, 11) is 0. The minimum Gasteiger partial charge on any atom is -0.481 e. The topological polar surface area (TPSA) is 67.4 Å². The summed E-state index contributed by atoms with van der Waals surface area (Å²) in [5, 5.41) is 5.37. The number of benzene rings is 3. The minimum absolute atomic E-state index is 0.0910. The summed E-state index contributed by atoms with van der Waals surface area (Å²) in [6.45, 7) is 1.99. The van der Waals surface area contributed by atoms with Crippen molar-refractivity contribution in [2.75, 3.05) is 6.54 Å². The first-order chi connectivity index (χ1) is 14.1. The van der Waals surface area contributed by atoms with E-state index in [4.69, 9.17) is 4.74 Å². The summed E-state index contributed by atoms with van der Waals surface area (Å²) in [5.41, 5.74) is 3.19. The van der Waals surface area contributed by atoms with Crippen molar-refractivity contribution in [3.05, 3.63) is 90.5 Å². The van der Waals surface area contributed by atoms with Crippen LogP contribution in [-0.4, -0.2) is 24.5 Å². The molecule has 5 nitrogen and oxygen atoms in total. The quantitative estimate of drug-likeness (QED) is 0.620. The zero-order valence-corrected chi connectivity index (χ0v) is 16.3. The summed E-state index contributed by atoms with van der Waals surface area (Å²) in [5.74, 6) is 0.00877. The highest BCUT2D eigenvalue weighted by molar-refractivity contribution is 5.86. The highest BCUT2D eigenvalue weighted by atomic mass is 16.5. The largest absolute Gasteiger partial charge is 0.481 e. The van der Waals surface area contributed by atoms with E-state index in [1.165, 1.54) is 0 Å². The van der Waals surface area contributed by atoms with Gasteiger partial charge in [0.1, 0.15) is 5.75 Å². The molecule has 0 aromatic heterocycles. The smallest absolute Gasteiger partial charge is 0.261 e. The Morgan fingerprint density at radius 1 is 0.793 bits per heavy atom. The number of hydrogen-bond donors (Lipinski definition) is 2. The lowest BCUT2D eigenvalue weighted by molar-refractivity contribution is -0.130. The Labute approximate surface area is 170 Å². The molecule has 0 aliphatic rings. The fourth-order valence-electron chi connectivity index (χ4n) is 2.78. The molecule has 2 N–H and O–H groups in total. The maximum atomic E-state index is 12.2. The Hall–Kier alpha value is -3.60. The van der Waals surface area contributed by atoms with Crippen LogP contribution in [0.4, 0.5) is 0 Å². The van der Waals surface area contributed by atoms with Gasteiger partial charge in [0, 0.05) is 6.54 Å². The fraction of sp³-hybridized carbons (Fsp3) is 0.167. The molecule has 3 aromatic carbocycles. The van der Waals surface area contributed by atoms with Crippen LogP contribution >= 0.6 is 0 Å². The van der Waals surface area contributed by atoms with Crippen LogP contribution in [0.25, 0.3) is 11.1 Å². The molecule has 3 rings (SSSR count). The standard InChI is InChI=1S/C24H24N2O3/c1-18(24(28)26-17-23(27)25-16-19-8-4-2-5-9-19)29-22-14-12-21(13-15-22)20-10-6-3-7-11-20/h2-15,18H,16-17H2,1H3,(H,25,27)(H,26,28). The second kappa shape index (κ2) is 10.1. The van der Waals surface area contributed by atoms with Crippen LogP contribution in [0, 0.1) is 0 Å². The third kappa shape index (κ3) is 6.21. The second-order valence-electron chi connectivity index (χ2n) is 6.63. The summed E-state index contributed by atoms with van der Waals surface area (Å²) in [6, 6.07) is 27.2. The number of ether oxygens (including phenoxy) is 1. The summed E-state index contributed by atoms with van der Waals surface area (Å²) in [6.07, 6.45) is -0.709. The lowest BCUT2D eigenvalue weighted by Crippen LogP contribution is -2.42. The van der Waals surface area contributed by atoms with Gasteiger partial charge in [-0.05, 0) is 35.7 Å². The highest BCUT2D eigenvalue weighted by Crippen LogP contribution is 2.22. The van der Waals surface area contributed by atoms with Gasteiger partial charge in [0.05, 0.1) is 6.54 Å². The van der Waals surface area contributed by atoms with E-state index in [1.54, 1.807) is 6.92 Å². The van der Waals surface area contributed by atoms with E-state index < -0.39 is 6.10 Å². The van der Waals surface area contributed by atoms with Crippen molar-refractivity contribution in [1.82, 2.24) is 10.6 Å². The Kier molecular flexibility index (Phi) is 7.00. The monoisotopic (exact) mass is 388 g/mol. The fourth-order valence-corrected chi connectivity index (χ4v) is 2.78. The molecule has 0 aliphatic carbocycles. The summed E-state index contributed by atoms with van der Waals surface area (Å²) >= 11 is 0. The molecule has 2 amide bonds. The van der Waals surface area contributed by atoms with E-state index in [2.05, 4.69) is 10.6 Å². The first-order valence-electron chi connectivity index (χ1n) is 9.52. The van der Waals surface area contributed by atoms with Crippen molar-refractivity contribution >= 4 is 11.8 Å². The Morgan fingerprint density at radius 2 is 1.38 bits per heavy atom. The molecule has 0 bridgehead atoms. The molecule has 29 heavy (non-hydrogen) atoms. The maximum absolute atomic E-state index is 12.2. The van der Waals surface area contributed by atoms with Crippen LogP contribution in [0.2, 0.25) is 0 Å². The third-order valence-corrected chi connectivity index (χ3v) is 4.40.